The van der Waals surface area contributed by atoms with Crippen molar-refractivity contribution in [3.05, 3.63) is 41.9 Å². The summed E-state index contributed by atoms with van der Waals surface area (Å²) in [5, 5.41) is 10.4. The van der Waals surface area contributed by atoms with Gasteiger partial charge in [0.25, 0.3) is 0 Å². The molecule has 2 atom stereocenters. The highest BCUT2D eigenvalue weighted by Gasteiger charge is 2.14. The topological polar surface area (TPSA) is 80.9 Å². The number of nitrogens with zero attached hydrogens (tertiary/aromatic N) is 2. The molecule has 6 nitrogen and oxygen atoms in total. The molecule has 0 unspecified atom stereocenters. The van der Waals surface area contributed by atoms with Crippen LogP contribution in [0.25, 0.3) is 11.7 Å². The number of esters is 1. The Morgan fingerprint density at radius 1 is 1.24 bits per heavy atom. The molecule has 29 heavy (non-hydrogen) atoms. The van der Waals surface area contributed by atoms with Crippen LogP contribution in [0, 0.1) is 5.92 Å². The summed E-state index contributed by atoms with van der Waals surface area (Å²) in [6, 6.07) is 3.76. The minimum absolute atomic E-state index is 0.0629. The Balaban J connectivity index is 2.04. The lowest BCUT2D eigenvalue weighted by Crippen LogP contribution is -2.14. The van der Waals surface area contributed by atoms with E-state index in [2.05, 4.69) is 23.6 Å². The highest BCUT2D eigenvalue weighted by atomic mass is 16.5. The number of hydrogen-bond donors (Lipinski definition) is 1. The zero-order valence-corrected chi connectivity index (χ0v) is 17.6. The number of Topliss-reactive ketones (excluding diaryl/α,β-unsaturated/α-hetero) is 1. The van der Waals surface area contributed by atoms with Gasteiger partial charge in [0.2, 0.25) is 0 Å². The molecule has 0 aliphatic heterocycles. The molecule has 0 spiro atoms. The van der Waals surface area contributed by atoms with E-state index in [4.69, 9.17) is 0 Å². The number of carbonyl (C=O) groups excluding carboxylic acids is 2. The molecular formula is C23H32N2O4. The minimum atomic E-state index is -0.496. The van der Waals surface area contributed by atoms with Gasteiger partial charge in [-0.15, -0.1) is 0 Å². The van der Waals surface area contributed by atoms with Crippen LogP contribution in [0.1, 0.15) is 74.8 Å². The van der Waals surface area contributed by atoms with Crippen LogP contribution in [0.15, 0.2) is 30.6 Å². The normalized spacial score (nSPS) is 13.7. The van der Waals surface area contributed by atoms with E-state index in [1.54, 1.807) is 10.6 Å². The van der Waals surface area contributed by atoms with Crippen LogP contribution >= 0.6 is 0 Å². The number of rotatable bonds is 12. The van der Waals surface area contributed by atoms with Gasteiger partial charge in [0, 0.05) is 19.0 Å². The molecule has 0 aliphatic carbocycles. The fraction of sp³-hybridized carbons (Fsp3) is 0.522. The van der Waals surface area contributed by atoms with Crippen molar-refractivity contribution < 1.29 is 19.4 Å². The average molecular weight is 401 g/mol. The van der Waals surface area contributed by atoms with Gasteiger partial charge in [-0.1, -0.05) is 45.3 Å². The molecule has 2 aromatic rings. The second-order valence-electron chi connectivity index (χ2n) is 7.51. The number of ketones is 1. The summed E-state index contributed by atoms with van der Waals surface area (Å²) in [4.78, 5) is 28.0. The molecule has 2 heterocycles. The van der Waals surface area contributed by atoms with Gasteiger partial charge in [-0.3, -0.25) is 14.0 Å². The molecule has 6 heteroatoms. The molecule has 0 saturated carbocycles. The SMILES string of the molecule is CCCCC[C@H](C)[C@H](O)/C=C/c1ccc2ncc(C(=O)CCCC(=O)OC)n2c1. The number of aliphatic hydroxyl groups excluding tert-OH is 1. The van der Waals surface area contributed by atoms with Crippen LogP contribution in [0.2, 0.25) is 0 Å². The summed E-state index contributed by atoms with van der Waals surface area (Å²) >= 11 is 0. The molecule has 2 aromatic heterocycles. The molecule has 0 radical (unpaired) electrons. The van der Waals surface area contributed by atoms with E-state index >= 15 is 0 Å². The molecular weight excluding hydrogens is 368 g/mol. The predicted molar refractivity (Wildman–Crippen MR) is 114 cm³/mol. The molecule has 1 N–H and O–H groups in total. The van der Waals surface area contributed by atoms with Crippen molar-refractivity contribution in [3.8, 4) is 0 Å². The fourth-order valence-corrected chi connectivity index (χ4v) is 3.21. The number of pyridine rings is 1. The number of carbonyl (C=O) groups is 2. The Morgan fingerprint density at radius 3 is 2.76 bits per heavy atom. The monoisotopic (exact) mass is 400 g/mol. The number of methoxy groups -OCH3 is 1. The number of aromatic nitrogens is 2. The first-order valence-corrected chi connectivity index (χ1v) is 10.4. The van der Waals surface area contributed by atoms with Gasteiger partial charge in [-0.05, 0) is 36.5 Å². The lowest BCUT2D eigenvalue weighted by Gasteiger charge is -2.15. The van der Waals surface area contributed by atoms with Gasteiger partial charge in [0.05, 0.1) is 19.4 Å². The van der Waals surface area contributed by atoms with E-state index in [0.29, 0.717) is 17.8 Å². The number of fused-ring (bicyclic) bond motifs is 1. The van der Waals surface area contributed by atoms with Gasteiger partial charge in [0.1, 0.15) is 11.3 Å². The summed E-state index contributed by atoms with van der Waals surface area (Å²) < 4.78 is 6.36. The quantitative estimate of drug-likeness (QED) is 0.323. The second-order valence-corrected chi connectivity index (χ2v) is 7.51. The van der Waals surface area contributed by atoms with Crippen molar-refractivity contribution >= 4 is 23.5 Å². The largest absolute Gasteiger partial charge is 0.469 e. The summed E-state index contributed by atoms with van der Waals surface area (Å²) in [6.07, 6.45) is 12.0. The number of imidazole rings is 1. The van der Waals surface area contributed by atoms with Crippen molar-refractivity contribution in [2.45, 2.75) is 64.9 Å². The lowest BCUT2D eigenvalue weighted by molar-refractivity contribution is -0.140. The van der Waals surface area contributed by atoms with Gasteiger partial charge in [-0.25, -0.2) is 4.98 Å². The summed E-state index contributed by atoms with van der Waals surface area (Å²) in [5.41, 5.74) is 2.07. The highest BCUT2D eigenvalue weighted by molar-refractivity contribution is 5.95. The Kier molecular flexibility index (Phi) is 9.06. The second kappa shape index (κ2) is 11.5. The minimum Gasteiger partial charge on any atom is -0.469 e. The molecule has 0 saturated heterocycles. The summed E-state index contributed by atoms with van der Waals surface area (Å²) in [7, 11) is 1.34. The number of ether oxygens (including phenoxy) is 1. The molecule has 2 rings (SSSR count). The first-order valence-electron chi connectivity index (χ1n) is 10.4. The standard InChI is InChI=1S/C23H32N2O4/c1-4-5-6-8-17(2)20(26)13-11-18-12-14-22-24-15-19(25(22)16-18)21(27)9-7-10-23(28)29-3/h11-17,20,26H,4-10H2,1-3H3/b13-11+/t17-,20+/m0/s1. The summed E-state index contributed by atoms with van der Waals surface area (Å²) in [6.45, 7) is 4.24. The van der Waals surface area contributed by atoms with Crippen LogP contribution in [-0.2, 0) is 9.53 Å². The molecule has 0 amide bonds. The van der Waals surface area contributed by atoms with Gasteiger partial charge >= 0.3 is 5.97 Å². The fourth-order valence-electron chi connectivity index (χ4n) is 3.21. The Labute approximate surface area is 172 Å². The lowest BCUT2D eigenvalue weighted by atomic mass is 9.97. The van der Waals surface area contributed by atoms with Gasteiger partial charge in [0.15, 0.2) is 5.78 Å². The Hall–Kier alpha value is -2.47. The van der Waals surface area contributed by atoms with Gasteiger partial charge in [-0.2, -0.15) is 0 Å². The third-order valence-corrected chi connectivity index (χ3v) is 5.16. The third-order valence-electron chi connectivity index (χ3n) is 5.16. The Bertz CT molecular complexity index is 841. The van der Waals surface area contributed by atoms with Crippen LogP contribution in [0.4, 0.5) is 0 Å². The van der Waals surface area contributed by atoms with Crippen molar-refractivity contribution in [3.63, 3.8) is 0 Å². The third kappa shape index (κ3) is 6.82. The first-order chi connectivity index (χ1) is 14.0. The first kappa shape index (κ1) is 22.8. The average Bonchev–Trinajstić information content (AvgIpc) is 3.15. The predicted octanol–water partition coefficient (Wildman–Crippen LogP) is 4.45. The van der Waals surface area contributed by atoms with E-state index in [0.717, 1.165) is 18.4 Å². The van der Waals surface area contributed by atoms with Crippen molar-refractivity contribution in [1.82, 2.24) is 9.38 Å². The van der Waals surface area contributed by atoms with E-state index in [9.17, 15) is 14.7 Å². The number of hydrogen-bond acceptors (Lipinski definition) is 5. The maximum atomic E-state index is 12.5. The highest BCUT2D eigenvalue weighted by Crippen LogP contribution is 2.17. The number of unbranched alkanes of at least 4 members (excludes halogenated alkanes) is 2. The summed E-state index contributed by atoms with van der Waals surface area (Å²) in [5.74, 6) is -0.167. The maximum Gasteiger partial charge on any atom is 0.305 e. The molecule has 0 aliphatic rings. The van der Waals surface area contributed by atoms with E-state index in [-0.39, 0.29) is 30.5 Å². The van der Waals surface area contributed by atoms with Crippen LogP contribution in [-0.4, -0.2) is 39.5 Å². The van der Waals surface area contributed by atoms with E-state index < -0.39 is 6.10 Å². The molecule has 158 valence electrons. The zero-order valence-electron chi connectivity index (χ0n) is 17.6. The van der Waals surface area contributed by atoms with Crippen LogP contribution in [0.3, 0.4) is 0 Å². The smallest absolute Gasteiger partial charge is 0.305 e. The van der Waals surface area contributed by atoms with Crippen LogP contribution < -0.4 is 0 Å². The van der Waals surface area contributed by atoms with Crippen molar-refractivity contribution in [2.75, 3.05) is 7.11 Å². The zero-order chi connectivity index (χ0) is 21.2. The Morgan fingerprint density at radius 2 is 2.03 bits per heavy atom. The number of aliphatic hydroxyl groups is 1. The van der Waals surface area contributed by atoms with Crippen LogP contribution in [0.5, 0.6) is 0 Å². The van der Waals surface area contributed by atoms with Crippen molar-refractivity contribution in [1.29, 1.82) is 0 Å². The van der Waals surface area contributed by atoms with Gasteiger partial charge < -0.3 is 9.84 Å². The van der Waals surface area contributed by atoms with Crippen molar-refractivity contribution in [2.24, 2.45) is 5.92 Å². The van der Waals surface area contributed by atoms with E-state index in [1.165, 1.54) is 20.0 Å². The molecule has 0 fully saturated rings. The van der Waals surface area contributed by atoms with E-state index in [1.807, 2.05) is 30.5 Å². The maximum absolute atomic E-state index is 12.5. The molecule has 0 aromatic carbocycles. The molecule has 0 bridgehead atoms.